The van der Waals surface area contributed by atoms with E-state index < -0.39 is 0 Å². The molecule has 40 heavy (non-hydrogen) atoms. The van der Waals surface area contributed by atoms with E-state index in [1.54, 1.807) is 36.4 Å². The van der Waals surface area contributed by atoms with Crippen molar-refractivity contribution in [3.63, 3.8) is 0 Å². The minimum atomic E-state index is -0.367. The third-order valence-corrected chi connectivity index (χ3v) is 7.70. The van der Waals surface area contributed by atoms with Crippen molar-refractivity contribution in [1.82, 2.24) is 28.4 Å². The maximum Gasteiger partial charge on any atom is 0.276 e. The van der Waals surface area contributed by atoms with Crippen LogP contribution in [0.25, 0.3) is 44.7 Å². The number of fused-ring (bicyclic) bond motifs is 2. The van der Waals surface area contributed by atoms with Crippen LogP contribution in [0.2, 0.25) is 10.0 Å². The van der Waals surface area contributed by atoms with Crippen LogP contribution in [-0.2, 0) is 14.1 Å². The zero-order valence-corrected chi connectivity index (χ0v) is 22.5. The van der Waals surface area contributed by atoms with Gasteiger partial charge in [-0.2, -0.15) is 10.2 Å². The summed E-state index contributed by atoms with van der Waals surface area (Å²) in [5.74, 6) is 0. The van der Waals surface area contributed by atoms with E-state index >= 15 is 0 Å². The molecule has 6 aromatic rings. The van der Waals surface area contributed by atoms with Crippen LogP contribution < -0.4 is 11.1 Å². The molecule has 0 saturated heterocycles. The van der Waals surface area contributed by atoms with Gasteiger partial charge in [0.1, 0.15) is 22.4 Å². The Labute approximate surface area is 235 Å². The zero-order valence-electron chi connectivity index (χ0n) is 21.0. The molecule has 10 nitrogen and oxygen atoms in total. The summed E-state index contributed by atoms with van der Waals surface area (Å²) in [6, 6.07) is 14.0. The Hall–Kier alpha value is -4.80. The molecule has 2 aromatic carbocycles. The Kier molecular flexibility index (Phi) is 6.01. The van der Waals surface area contributed by atoms with Crippen LogP contribution in [0.1, 0.15) is 21.0 Å². The topological polar surface area (TPSA) is 113 Å². The van der Waals surface area contributed by atoms with Gasteiger partial charge in [-0.25, -0.2) is 9.03 Å². The average molecular weight is 573 g/mol. The molecular weight excluding hydrogens is 555 g/mol. The molecule has 12 heteroatoms. The molecular formula is C28H18Cl2N6O4. The Morgan fingerprint density at radius 2 is 1.02 bits per heavy atom. The van der Waals surface area contributed by atoms with E-state index in [-0.39, 0.29) is 22.5 Å². The van der Waals surface area contributed by atoms with Gasteiger partial charge in [-0.3, -0.25) is 19.2 Å². The SMILES string of the molecule is Cn1c(C=O)cn2nc(-c3cccc(-c4cccc(-c5cc6c(=O)n(C)c(C=O)cn6n5)c4Cl)c3Cl)cc2c1=O. The van der Waals surface area contributed by atoms with Crippen LogP contribution >= 0.6 is 23.2 Å². The third kappa shape index (κ3) is 3.80. The normalized spacial score (nSPS) is 11.4. The lowest BCUT2D eigenvalue weighted by Gasteiger charge is -2.12. The largest absolute Gasteiger partial charge is 0.306 e. The summed E-state index contributed by atoms with van der Waals surface area (Å²) in [5.41, 5.74) is 3.48. The van der Waals surface area contributed by atoms with Gasteiger partial charge in [0.25, 0.3) is 11.1 Å². The molecule has 0 fully saturated rings. The van der Waals surface area contributed by atoms with Gasteiger partial charge in [0.05, 0.1) is 33.8 Å². The van der Waals surface area contributed by atoms with Gasteiger partial charge >= 0.3 is 0 Å². The standard InChI is InChI=1S/C28H18Cl2N6O4/c1-33-15(13-37)11-35-23(27(33)39)9-21(31-35)19-7-3-5-17(25(19)29)18-6-4-8-20(26(18)30)22-10-24-28(40)34(2)16(14-38)12-36(24)32-22/h3-14H,1-2H3. The van der Waals surface area contributed by atoms with Crippen molar-refractivity contribution in [2.45, 2.75) is 0 Å². The molecule has 0 radical (unpaired) electrons. The first-order valence-electron chi connectivity index (χ1n) is 11.9. The number of aldehydes is 2. The molecule has 0 N–H and O–H groups in total. The fourth-order valence-corrected chi connectivity index (χ4v) is 5.31. The molecule has 4 heterocycles. The smallest absolute Gasteiger partial charge is 0.276 e. The second-order valence-corrected chi connectivity index (χ2v) is 9.88. The molecule has 0 saturated carbocycles. The maximum absolute atomic E-state index is 12.7. The zero-order chi connectivity index (χ0) is 28.3. The fourth-order valence-electron chi connectivity index (χ4n) is 4.66. The van der Waals surface area contributed by atoms with Crippen molar-refractivity contribution in [2.24, 2.45) is 14.1 Å². The fraction of sp³-hybridized carbons (Fsp3) is 0.0714. The molecule has 0 unspecified atom stereocenters. The minimum Gasteiger partial charge on any atom is -0.306 e. The Bertz CT molecular complexity index is 2000. The number of benzene rings is 2. The molecule has 198 valence electrons. The second-order valence-electron chi connectivity index (χ2n) is 9.12. The number of rotatable bonds is 5. The van der Waals surface area contributed by atoms with E-state index in [1.807, 2.05) is 12.1 Å². The lowest BCUT2D eigenvalue weighted by molar-refractivity contribution is 0.110. The summed E-state index contributed by atoms with van der Waals surface area (Å²) in [6.45, 7) is 0. The van der Waals surface area contributed by atoms with Crippen molar-refractivity contribution in [3.8, 4) is 33.6 Å². The highest BCUT2D eigenvalue weighted by atomic mass is 35.5. The quantitative estimate of drug-likeness (QED) is 0.284. The number of hydrogen-bond acceptors (Lipinski definition) is 6. The highest BCUT2D eigenvalue weighted by molar-refractivity contribution is 6.39. The summed E-state index contributed by atoms with van der Waals surface area (Å²) in [4.78, 5) is 48.2. The molecule has 0 aliphatic heterocycles. The minimum absolute atomic E-state index is 0.183. The molecule has 0 bridgehead atoms. The Morgan fingerprint density at radius 3 is 1.40 bits per heavy atom. The number of carbonyl (C=O) groups is 2. The lowest BCUT2D eigenvalue weighted by atomic mass is 9.98. The number of carbonyl (C=O) groups excluding carboxylic acids is 2. The molecule has 0 aliphatic rings. The van der Waals surface area contributed by atoms with E-state index in [2.05, 4.69) is 10.2 Å². The van der Waals surface area contributed by atoms with Gasteiger partial charge in [-0.05, 0) is 12.1 Å². The highest BCUT2D eigenvalue weighted by Gasteiger charge is 2.19. The summed E-state index contributed by atoms with van der Waals surface area (Å²) in [5, 5.41) is 9.69. The molecule has 0 spiro atoms. The first-order valence-corrected chi connectivity index (χ1v) is 12.7. The molecule has 0 aliphatic carbocycles. The van der Waals surface area contributed by atoms with E-state index in [0.29, 0.717) is 67.3 Å². The van der Waals surface area contributed by atoms with Gasteiger partial charge in [-0.1, -0.05) is 59.6 Å². The van der Waals surface area contributed by atoms with Crippen molar-refractivity contribution in [1.29, 1.82) is 0 Å². The average Bonchev–Trinajstić information content (AvgIpc) is 3.58. The maximum atomic E-state index is 12.7. The van der Waals surface area contributed by atoms with Crippen molar-refractivity contribution >= 4 is 46.8 Å². The van der Waals surface area contributed by atoms with Gasteiger partial charge in [0, 0.05) is 36.3 Å². The number of nitrogens with zero attached hydrogens (tertiary/aromatic N) is 6. The number of aromatic nitrogens is 6. The summed E-state index contributed by atoms with van der Waals surface area (Å²) in [6.07, 6.45) is 4.14. The van der Waals surface area contributed by atoms with E-state index in [0.717, 1.165) is 0 Å². The molecule has 6 rings (SSSR count). The summed E-state index contributed by atoms with van der Waals surface area (Å²) < 4.78 is 5.24. The van der Waals surface area contributed by atoms with Gasteiger partial charge < -0.3 is 9.13 Å². The van der Waals surface area contributed by atoms with E-state index in [4.69, 9.17) is 23.2 Å². The first-order chi connectivity index (χ1) is 19.2. The summed E-state index contributed by atoms with van der Waals surface area (Å²) >= 11 is 13.8. The van der Waals surface area contributed by atoms with E-state index in [9.17, 15) is 19.2 Å². The van der Waals surface area contributed by atoms with Crippen molar-refractivity contribution < 1.29 is 9.59 Å². The van der Waals surface area contributed by atoms with Gasteiger partial charge in [0.15, 0.2) is 12.6 Å². The number of halogens is 2. The predicted molar refractivity (Wildman–Crippen MR) is 152 cm³/mol. The van der Waals surface area contributed by atoms with Crippen molar-refractivity contribution in [2.75, 3.05) is 0 Å². The monoisotopic (exact) mass is 572 g/mol. The van der Waals surface area contributed by atoms with Crippen LogP contribution in [0.4, 0.5) is 0 Å². The third-order valence-electron chi connectivity index (χ3n) is 6.88. The van der Waals surface area contributed by atoms with E-state index in [1.165, 1.54) is 44.7 Å². The lowest BCUT2D eigenvalue weighted by Crippen LogP contribution is -2.22. The van der Waals surface area contributed by atoms with Crippen LogP contribution in [0.15, 0.2) is 70.5 Å². The van der Waals surface area contributed by atoms with Crippen LogP contribution in [-0.4, -0.2) is 40.9 Å². The molecule has 4 aromatic heterocycles. The Morgan fingerprint density at radius 1 is 0.650 bits per heavy atom. The van der Waals surface area contributed by atoms with Crippen LogP contribution in [0.5, 0.6) is 0 Å². The van der Waals surface area contributed by atoms with Crippen molar-refractivity contribution in [3.05, 3.63) is 103 Å². The highest BCUT2D eigenvalue weighted by Crippen LogP contribution is 2.42. The van der Waals surface area contributed by atoms with Gasteiger partial charge in [0.2, 0.25) is 0 Å². The predicted octanol–water partition coefficient (Wildman–Crippen LogP) is 4.31. The molecule has 0 atom stereocenters. The Balaban J connectivity index is 1.49. The summed E-state index contributed by atoms with van der Waals surface area (Å²) in [7, 11) is 3.03. The first kappa shape index (κ1) is 25.5. The van der Waals surface area contributed by atoms with Gasteiger partial charge in [-0.15, -0.1) is 0 Å². The molecule has 0 amide bonds. The van der Waals surface area contributed by atoms with Crippen LogP contribution in [0.3, 0.4) is 0 Å². The van der Waals surface area contributed by atoms with Crippen LogP contribution in [0, 0.1) is 0 Å². The second kappa shape index (κ2) is 9.44. The number of hydrogen-bond donors (Lipinski definition) is 0.